The molecule has 2 aromatic carbocycles. The number of ether oxygens (including phenoxy) is 1. The van der Waals surface area contributed by atoms with E-state index in [2.05, 4.69) is 10.3 Å². The molecule has 2 N–H and O–H groups in total. The number of hydrogen-bond donors (Lipinski definition) is 2. The van der Waals surface area contributed by atoms with E-state index >= 15 is 0 Å². The lowest BCUT2D eigenvalue weighted by Gasteiger charge is -2.22. The van der Waals surface area contributed by atoms with E-state index in [0.29, 0.717) is 25.6 Å². The molecule has 2 atom stereocenters. The predicted octanol–water partition coefficient (Wildman–Crippen LogP) is 6.45. The Bertz CT molecular complexity index is 1180. The number of nitrogens with one attached hydrogen (secondary N) is 1. The largest absolute Gasteiger partial charge is 0.433 e. The van der Waals surface area contributed by atoms with Crippen molar-refractivity contribution in [3.05, 3.63) is 89.1 Å². The fourth-order valence-corrected chi connectivity index (χ4v) is 4.01. The van der Waals surface area contributed by atoms with Crippen molar-refractivity contribution in [1.29, 1.82) is 0 Å². The zero-order valence-corrected chi connectivity index (χ0v) is 20.4. The highest BCUT2D eigenvalue weighted by Gasteiger charge is 2.34. The van der Waals surface area contributed by atoms with Crippen LogP contribution in [-0.4, -0.2) is 35.9 Å². The number of halogens is 6. The molecule has 0 radical (unpaired) electrons. The number of benzene rings is 2. The van der Waals surface area contributed by atoms with Gasteiger partial charge in [-0.1, -0.05) is 42.5 Å². The summed E-state index contributed by atoms with van der Waals surface area (Å²) in [6, 6.07) is 15.2. The molecule has 0 amide bonds. The van der Waals surface area contributed by atoms with Gasteiger partial charge in [-0.2, -0.15) is 26.3 Å². The van der Waals surface area contributed by atoms with E-state index in [1.54, 1.807) is 0 Å². The molecule has 1 aliphatic rings. The Balaban J connectivity index is 1.51. The van der Waals surface area contributed by atoms with Crippen LogP contribution in [0.2, 0.25) is 0 Å². The van der Waals surface area contributed by atoms with Gasteiger partial charge in [0.2, 0.25) is 0 Å². The van der Waals surface area contributed by atoms with Crippen LogP contribution < -0.4 is 5.32 Å². The van der Waals surface area contributed by atoms with E-state index < -0.39 is 29.7 Å². The van der Waals surface area contributed by atoms with Crippen LogP contribution in [-0.2, 0) is 23.5 Å². The van der Waals surface area contributed by atoms with Crippen LogP contribution in [0.4, 0.5) is 26.3 Å². The summed E-state index contributed by atoms with van der Waals surface area (Å²) in [5, 5.41) is 14.0. The molecule has 0 spiro atoms. The minimum atomic E-state index is -4.81. The predicted molar refractivity (Wildman–Crippen MR) is 130 cm³/mol. The number of aromatic nitrogens is 1. The Morgan fingerprint density at radius 3 is 2.21 bits per heavy atom. The highest BCUT2D eigenvalue weighted by Crippen LogP contribution is 2.34. The molecular weight excluding hydrogens is 510 g/mol. The fourth-order valence-electron chi connectivity index (χ4n) is 4.01. The number of alkyl halides is 6. The van der Waals surface area contributed by atoms with Gasteiger partial charge in [-0.3, -0.25) is 0 Å². The Labute approximate surface area is 216 Å². The first-order chi connectivity index (χ1) is 18.0. The van der Waals surface area contributed by atoms with E-state index in [-0.39, 0.29) is 29.4 Å². The minimum absolute atomic E-state index is 0.0490. The maximum Gasteiger partial charge on any atom is 0.433 e. The summed E-state index contributed by atoms with van der Waals surface area (Å²) in [7, 11) is 0. The van der Waals surface area contributed by atoms with Gasteiger partial charge in [0.25, 0.3) is 0 Å². The number of pyridine rings is 1. The lowest BCUT2D eigenvalue weighted by Crippen LogP contribution is -2.38. The topological polar surface area (TPSA) is 54.4 Å². The molecule has 1 heterocycles. The number of aliphatic hydroxyl groups excluding tert-OH is 1. The maximum absolute atomic E-state index is 13.6. The molecule has 0 saturated heterocycles. The molecule has 4 nitrogen and oxygen atoms in total. The molecule has 1 aromatic heterocycles. The number of hydrogen-bond acceptors (Lipinski definition) is 4. The first kappa shape index (κ1) is 28.1. The summed E-state index contributed by atoms with van der Waals surface area (Å²) >= 11 is 0. The van der Waals surface area contributed by atoms with Crippen LogP contribution in [0, 0.1) is 5.92 Å². The quantitative estimate of drug-likeness (QED) is 0.276. The van der Waals surface area contributed by atoms with Gasteiger partial charge in [-0.05, 0) is 60.6 Å². The van der Waals surface area contributed by atoms with Crippen molar-refractivity contribution in [1.82, 2.24) is 10.3 Å². The van der Waals surface area contributed by atoms with E-state index in [0.717, 1.165) is 48.7 Å². The monoisotopic (exact) mass is 538 g/mol. The summed E-state index contributed by atoms with van der Waals surface area (Å²) in [5.41, 5.74) is -1.28. The van der Waals surface area contributed by atoms with Gasteiger partial charge in [-0.15, -0.1) is 0 Å². The summed E-state index contributed by atoms with van der Waals surface area (Å²) in [6.07, 6.45) is -7.84. The number of aliphatic hydroxyl groups is 1. The summed E-state index contributed by atoms with van der Waals surface area (Å²) < 4.78 is 85.3. The van der Waals surface area contributed by atoms with Crippen LogP contribution in [0.15, 0.2) is 66.7 Å². The Morgan fingerprint density at radius 2 is 1.61 bits per heavy atom. The fraction of sp³-hybridized carbons (Fsp3) is 0.393. The van der Waals surface area contributed by atoms with E-state index in [9.17, 15) is 31.4 Å². The molecule has 0 unspecified atom stereocenters. The molecule has 204 valence electrons. The molecule has 3 aromatic rings. The third-order valence-corrected chi connectivity index (χ3v) is 6.33. The zero-order valence-electron chi connectivity index (χ0n) is 20.4. The van der Waals surface area contributed by atoms with Gasteiger partial charge in [0, 0.05) is 24.8 Å². The van der Waals surface area contributed by atoms with Crippen molar-refractivity contribution in [2.45, 2.75) is 43.8 Å². The summed E-state index contributed by atoms with van der Waals surface area (Å²) in [6.45, 7) is 0.961. The van der Waals surface area contributed by atoms with Crippen molar-refractivity contribution < 1.29 is 36.2 Å². The molecule has 4 rings (SSSR count). The first-order valence-corrected chi connectivity index (χ1v) is 12.3. The first-order valence-electron chi connectivity index (χ1n) is 12.3. The van der Waals surface area contributed by atoms with Gasteiger partial charge in [0.1, 0.15) is 5.69 Å². The molecule has 1 aliphatic carbocycles. The number of nitrogens with zero attached hydrogens (tertiary/aromatic N) is 1. The van der Waals surface area contributed by atoms with E-state index in [1.807, 2.05) is 30.3 Å². The van der Waals surface area contributed by atoms with Gasteiger partial charge in [0.15, 0.2) is 0 Å². The maximum atomic E-state index is 13.6. The van der Waals surface area contributed by atoms with Crippen LogP contribution in [0.1, 0.15) is 41.3 Å². The Morgan fingerprint density at radius 1 is 0.921 bits per heavy atom. The third kappa shape index (κ3) is 8.02. The van der Waals surface area contributed by atoms with Crippen molar-refractivity contribution in [3.8, 4) is 11.3 Å². The summed E-state index contributed by atoms with van der Waals surface area (Å²) in [4.78, 5) is 3.61. The molecule has 0 bridgehead atoms. The normalized spacial score (nSPS) is 15.9. The molecule has 1 saturated carbocycles. The van der Waals surface area contributed by atoms with E-state index in [1.165, 1.54) is 6.07 Å². The highest BCUT2D eigenvalue weighted by molar-refractivity contribution is 5.61. The average Bonchev–Trinajstić information content (AvgIpc) is 3.71. The van der Waals surface area contributed by atoms with Gasteiger partial charge in [0.05, 0.1) is 24.0 Å². The second-order valence-electron chi connectivity index (χ2n) is 9.54. The second kappa shape index (κ2) is 11.8. The second-order valence-corrected chi connectivity index (χ2v) is 9.54. The third-order valence-electron chi connectivity index (χ3n) is 6.33. The molecule has 0 aliphatic heterocycles. The van der Waals surface area contributed by atoms with Crippen molar-refractivity contribution in [3.63, 3.8) is 0 Å². The van der Waals surface area contributed by atoms with Gasteiger partial charge >= 0.3 is 12.4 Å². The minimum Gasteiger partial charge on any atom is -0.387 e. The van der Waals surface area contributed by atoms with Crippen LogP contribution in [0.25, 0.3) is 11.3 Å². The van der Waals surface area contributed by atoms with Gasteiger partial charge in [-0.25, -0.2) is 4.98 Å². The molecule has 38 heavy (non-hydrogen) atoms. The Kier molecular flexibility index (Phi) is 8.74. The molecule has 1 fully saturated rings. The van der Waals surface area contributed by atoms with Crippen molar-refractivity contribution in [2.24, 2.45) is 5.92 Å². The van der Waals surface area contributed by atoms with Gasteiger partial charge < -0.3 is 15.2 Å². The van der Waals surface area contributed by atoms with Crippen molar-refractivity contribution >= 4 is 0 Å². The molecule has 10 heteroatoms. The van der Waals surface area contributed by atoms with Crippen LogP contribution in [0.3, 0.4) is 0 Å². The zero-order chi connectivity index (χ0) is 27.3. The lowest BCUT2D eigenvalue weighted by molar-refractivity contribution is -0.141. The Hall–Kier alpha value is -2.95. The van der Waals surface area contributed by atoms with Crippen LogP contribution >= 0.6 is 0 Å². The number of rotatable bonds is 11. The SMILES string of the molecule is O[C@H](CN[C@H](COCC1CC1)Cc1ccccc1)c1cc(-c2ccc(C(F)(F)F)cc2)nc(C(F)(F)F)c1. The smallest absolute Gasteiger partial charge is 0.387 e. The highest BCUT2D eigenvalue weighted by atomic mass is 19.4. The lowest BCUT2D eigenvalue weighted by atomic mass is 10.0. The summed E-state index contributed by atoms with van der Waals surface area (Å²) in [5.74, 6) is 0.569. The van der Waals surface area contributed by atoms with Crippen molar-refractivity contribution in [2.75, 3.05) is 19.8 Å². The van der Waals surface area contributed by atoms with E-state index in [4.69, 9.17) is 4.74 Å². The van der Waals surface area contributed by atoms with Crippen LogP contribution in [0.5, 0.6) is 0 Å². The standard InChI is InChI=1S/C28H28F6N2O2/c29-27(30,31)22-10-8-20(9-11-22)24-13-21(14-26(36-24)28(32,33)34)25(37)15-35-23(17-38-16-19-6-7-19)12-18-4-2-1-3-5-18/h1-5,8-11,13-14,19,23,25,35,37H,6-7,12,15-17H2/t23-,25+/m0/s1. The average molecular weight is 539 g/mol. The molecular formula is C28H28F6N2O2.